The number of rotatable bonds is 17. The van der Waals surface area contributed by atoms with Crippen molar-refractivity contribution in [3.05, 3.63) is 53.6 Å². The van der Waals surface area contributed by atoms with Gasteiger partial charge < -0.3 is 19.3 Å². The van der Waals surface area contributed by atoms with Crippen LogP contribution in [0.5, 0.6) is 17.2 Å². The number of nitriles is 1. The molecule has 0 spiro atoms. The van der Waals surface area contributed by atoms with Crippen LogP contribution in [-0.4, -0.2) is 50.4 Å². The summed E-state index contributed by atoms with van der Waals surface area (Å²) in [4.78, 5) is 13.1. The summed E-state index contributed by atoms with van der Waals surface area (Å²) >= 11 is 0. The summed E-state index contributed by atoms with van der Waals surface area (Å²) < 4.78 is 16.3. The van der Waals surface area contributed by atoms with E-state index in [4.69, 9.17) is 19.3 Å². The standard InChI is InChI=1S/C30H42N2O5/c1-6-7-8-9-16-30(22-31,25-14-15-27(35-4)28(20-25)36-5)17-11-18-32(3)23(2)24-12-10-13-26(19-24)37-21-29(33)34/h10,12-15,19-20,23H,6-9,11,16-18,21H2,1-5H3,(H,33,34). The fraction of sp³-hybridized carbons (Fsp3) is 0.533. The lowest BCUT2D eigenvalue weighted by atomic mass is 9.74. The predicted molar refractivity (Wildman–Crippen MR) is 145 cm³/mol. The van der Waals surface area contributed by atoms with Crippen LogP contribution in [0, 0.1) is 11.3 Å². The van der Waals surface area contributed by atoms with E-state index in [1.54, 1.807) is 20.3 Å². The number of nitrogens with zero attached hydrogens (tertiary/aromatic N) is 2. The second kappa shape index (κ2) is 15.1. The van der Waals surface area contributed by atoms with Crippen LogP contribution in [-0.2, 0) is 10.2 Å². The molecule has 0 aliphatic carbocycles. The number of hydrogen-bond acceptors (Lipinski definition) is 6. The van der Waals surface area contributed by atoms with E-state index in [1.807, 2.05) is 36.4 Å². The number of unbranched alkanes of at least 4 members (excludes halogenated alkanes) is 3. The Kier molecular flexibility index (Phi) is 12.2. The molecule has 0 bridgehead atoms. The van der Waals surface area contributed by atoms with Crippen LogP contribution < -0.4 is 14.2 Å². The highest BCUT2D eigenvalue weighted by molar-refractivity contribution is 5.68. The minimum absolute atomic E-state index is 0.107. The SMILES string of the molecule is CCCCCCC(C#N)(CCCN(C)C(C)c1cccc(OCC(=O)O)c1)c1ccc(OC)c(OC)c1. The van der Waals surface area contributed by atoms with Gasteiger partial charge in [0, 0.05) is 6.04 Å². The Morgan fingerprint density at radius 3 is 2.43 bits per heavy atom. The molecule has 2 aromatic carbocycles. The van der Waals surface area contributed by atoms with Crippen molar-refractivity contribution in [3.8, 4) is 23.3 Å². The predicted octanol–water partition coefficient (Wildman–Crippen LogP) is 6.37. The maximum absolute atomic E-state index is 10.8. The van der Waals surface area contributed by atoms with Gasteiger partial charge in [0.1, 0.15) is 5.75 Å². The van der Waals surface area contributed by atoms with Gasteiger partial charge in [-0.1, -0.05) is 50.8 Å². The first kappa shape index (κ1) is 30.0. The molecular formula is C30H42N2O5. The minimum atomic E-state index is -0.999. The average molecular weight is 511 g/mol. The van der Waals surface area contributed by atoms with Gasteiger partial charge in [0.05, 0.1) is 25.7 Å². The van der Waals surface area contributed by atoms with Gasteiger partial charge in [0.15, 0.2) is 18.1 Å². The van der Waals surface area contributed by atoms with Gasteiger partial charge in [0.25, 0.3) is 0 Å². The maximum Gasteiger partial charge on any atom is 0.341 e. The Hall–Kier alpha value is -3.24. The molecule has 0 aromatic heterocycles. The van der Waals surface area contributed by atoms with Crippen LogP contribution in [0.3, 0.4) is 0 Å². The molecule has 0 aliphatic heterocycles. The quantitative estimate of drug-likeness (QED) is 0.247. The van der Waals surface area contributed by atoms with Crippen molar-refractivity contribution in [2.24, 2.45) is 0 Å². The number of methoxy groups -OCH3 is 2. The Bertz CT molecular complexity index is 1030. The third-order valence-corrected chi connectivity index (χ3v) is 7.09. The van der Waals surface area contributed by atoms with Crippen molar-refractivity contribution < 1.29 is 24.1 Å². The normalized spacial score (nSPS) is 13.4. The maximum atomic E-state index is 10.8. The van der Waals surface area contributed by atoms with Crippen molar-refractivity contribution >= 4 is 5.97 Å². The molecule has 2 rings (SSSR count). The molecule has 0 radical (unpaired) electrons. The Balaban J connectivity index is 2.14. The highest BCUT2D eigenvalue weighted by Crippen LogP contribution is 2.39. The molecule has 2 atom stereocenters. The van der Waals surface area contributed by atoms with Crippen LogP contribution >= 0.6 is 0 Å². The fourth-order valence-corrected chi connectivity index (χ4v) is 4.67. The summed E-state index contributed by atoms with van der Waals surface area (Å²) in [7, 11) is 5.31. The van der Waals surface area contributed by atoms with E-state index in [9.17, 15) is 10.1 Å². The summed E-state index contributed by atoms with van der Waals surface area (Å²) in [6.45, 7) is 4.76. The van der Waals surface area contributed by atoms with E-state index in [-0.39, 0.29) is 12.6 Å². The molecule has 0 saturated carbocycles. The lowest BCUT2D eigenvalue weighted by molar-refractivity contribution is -0.139. The largest absolute Gasteiger partial charge is 0.493 e. The molecule has 0 amide bonds. The lowest BCUT2D eigenvalue weighted by Gasteiger charge is -2.30. The first-order valence-corrected chi connectivity index (χ1v) is 13.1. The van der Waals surface area contributed by atoms with E-state index < -0.39 is 11.4 Å². The summed E-state index contributed by atoms with van der Waals surface area (Å²) in [5, 5.41) is 19.3. The van der Waals surface area contributed by atoms with E-state index in [0.29, 0.717) is 17.2 Å². The Morgan fingerprint density at radius 2 is 1.78 bits per heavy atom. The van der Waals surface area contributed by atoms with Gasteiger partial charge >= 0.3 is 5.97 Å². The fourth-order valence-electron chi connectivity index (χ4n) is 4.67. The molecule has 7 heteroatoms. The summed E-state index contributed by atoms with van der Waals surface area (Å²) in [5.41, 5.74) is 1.43. The van der Waals surface area contributed by atoms with Crippen molar-refractivity contribution in [2.45, 2.75) is 70.3 Å². The van der Waals surface area contributed by atoms with E-state index in [1.165, 1.54) is 6.42 Å². The molecule has 2 unspecified atom stereocenters. The van der Waals surface area contributed by atoms with Gasteiger partial charge in [0.2, 0.25) is 0 Å². The van der Waals surface area contributed by atoms with Crippen molar-refractivity contribution in [3.63, 3.8) is 0 Å². The monoisotopic (exact) mass is 510 g/mol. The van der Waals surface area contributed by atoms with Crippen molar-refractivity contribution in [1.82, 2.24) is 4.90 Å². The smallest absolute Gasteiger partial charge is 0.341 e. The number of benzene rings is 2. The molecule has 0 heterocycles. The number of hydrogen-bond donors (Lipinski definition) is 1. The van der Waals surface area contributed by atoms with Gasteiger partial charge in [-0.25, -0.2) is 4.79 Å². The molecule has 0 fully saturated rings. The Morgan fingerprint density at radius 1 is 1.05 bits per heavy atom. The molecule has 202 valence electrons. The van der Waals surface area contributed by atoms with Crippen molar-refractivity contribution in [2.75, 3.05) is 34.4 Å². The zero-order chi connectivity index (χ0) is 27.3. The molecule has 37 heavy (non-hydrogen) atoms. The summed E-state index contributed by atoms with van der Waals surface area (Å²) in [5.74, 6) is 0.848. The third-order valence-electron chi connectivity index (χ3n) is 7.09. The average Bonchev–Trinajstić information content (AvgIpc) is 2.92. The van der Waals surface area contributed by atoms with Gasteiger partial charge in [-0.15, -0.1) is 0 Å². The van der Waals surface area contributed by atoms with E-state index >= 15 is 0 Å². The number of aliphatic carboxylic acids is 1. The zero-order valence-corrected chi connectivity index (χ0v) is 23.0. The number of carboxylic acids is 1. The topological polar surface area (TPSA) is 92.0 Å². The lowest BCUT2D eigenvalue weighted by Crippen LogP contribution is -2.28. The highest BCUT2D eigenvalue weighted by Gasteiger charge is 2.32. The van der Waals surface area contributed by atoms with Crippen LogP contribution in [0.15, 0.2) is 42.5 Å². The first-order chi connectivity index (χ1) is 17.8. The van der Waals surface area contributed by atoms with Gasteiger partial charge in [-0.05, 0) is 75.2 Å². The summed E-state index contributed by atoms with van der Waals surface area (Å²) in [6.07, 6.45) is 6.84. The second-order valence-electron chi connectivity index (χ2n) is 9.59. The van der Waals surface area contributed by atoms with Crippen LogP contribution in [0.1, 0.15) is 76.0 Å². The zero-order valence-electron chi connectivity index (χ0n) is 23.0. The number of carbonyl (C=O) groups is 1. The second-order valence-corrected chi connectivity index (χ2v) is 9.59. The molecule has 0 aliphatic rings. The Labute approximate surface area is 222 Å². The van der Waals surface area contributed by atoms with Crippen LogP contribution in [0.25, 0.3) is 0 Å². The van der Waals surface area contributed by atoms with Crippen molar-refractivity contribution in [1.29, 1.82) is 5.26 Å². The van der Waals surface area contributed by atoms with Gasteiger partial charge in [-0.2, -0.15) is 5.26 Å². The van der Waals surface area contributed by atoms with E-state index in [2.05, 4.69) is 31.9 Å². The molecule has 7 nitrogen and oxygen atoms in total. The molecule has 0 saturated heterocycles. The molecule has 2 aromatic rings. The van der Waals surface area contributed by atoms with Crippen LogP contribution in [0.4, 0.5) is 0 Å². The minimum Gasteiger partial charge on any atom is -0.493 e. The van der Waals surface area contributed by atoms with E-state index in [0.717, 1.165) is 56.2 Å². The summed E-state index contributed by atoms with van der Waals surface area (Å²) in [6, 6.07) is 16.2. The molecular weight excluding hydrogens is 468 g/mol. The number of ether oxygens (including phenoxy) is 3. The first-order valence-electron chi connectivity index (χ1n) is 13.1. The van der Waals surface area contributed by atoms with Gasteiger partial charge in [-0.3, -0.25) is 4.90 Å². The highest BCUT2D eigenvalue weighted by atomic mass is 16.5. The third kappa shape index (κ3) is 8.68. The molecule has 1 N–H and O–H groups in total. The van der Waals surface area contributed by atoms with Crippen LogP contribution in [0.2, 0.25) is 0 Å². The number of carboxylic acid groups (broad SMARTS) is 1.